The van der Waals surface area contributed by atoms with Crippen LogP contribution in [0.15, 0.2) is 0 Å². The lowest BCUT2D eigenvalue weighted by Gasteiger charge is -2.34. The summed E-state index contributed by atoms with van der Waals surface area (Å²) in [5.41, 5.74) is 5.80. The van der Waals surface area contributed by atoms with Gasteiger partial charge in [0, 0.05) is 25.7 Å². The third kappa shape index (κ3) is 3.43. The van der Waals surface area contributed by atoms with Gasteiger partial charge in [0.15, 0.2) is 0 Å². The molecule has 16 heavy (non-hydrogen) atoms. The summed E-state index contributed by atoms with van der Waals surface area (Å²) in [6, 6.07) is 0.0796. The molecule has 0 aromatic rings. The van der Waals surface area contributed by atoms with Gasteiger partial charge in [-0.2, -0.15) is 0 Å². The van der Waals surface area contributed by atoms with Crippen molar-refractivity contribution in [3.63, 3.8) is 0 Å². The molecule has 5 heteroatoms. The zero-order chi connectivity index (χ0) is 12.1. The molecular weight excluding hydrogens is 206 g/mol. The molecule has 1 rings (SSSR count). The Balaban J connectivity index is 2.44. The minimum absolute atomic E-state index is 0.0823. The monoisotopic (exact) mass is 229 g/mol. The molecule has 1 amide bonds. The van der Waals surface area contributed by atoms with E-state index in [0.717, 1.165) is 25.9 Å². The summed E-state index contributed by atoms with van der Waals surface area (Å²) in [5, 5.41) is 8.83. The molecule has 3 N–H and O–H groups in total. The average molecular weight is 229 g/mol. The first-order valence-corrected chi connectivity index (χ1v) is 5.91. The maximum absolute atomic E-state index is 12.1. The fraction of sp³-hybridized carbons (Fsp3) is 0.909. The van der Waals surface area contributed by atoms with Crippen LogP contribution in [-0.4, -0.2) is 66.2 Å². The number of aliphatic hydroxyl groups is 1. The van der Waals surface area contributed by atoms with Gasteiger partial charge in [0.1, 0.15) is 0 Å². The predicted molar refractivity (Wildman–Crippen MR) is 63.0 cm³/mol. The molecule has 0 aromatic carbocycles. The summed E-state index contributed by atoms with van der Waals surface area (Å²) in [7, 11) is 1.86. The number of likely N-dealkylation sites (tertiary alicyclic amines) is 1. The Labute approximate surface area is 97.2 Å². The molecule has 0 saturated carbocycles. The Kier molecular flexibility index (Phi) is 5.18. The zero-order valence-electron chi connectivity index (χ0n) is 10.2. The van der Waals surface area contributed by atoms with Crippen LogP contribution in [0.5, 0.6) is 0 Å². The normalized spacial score (nSPS) is 20.2. The number of nitrogens with zero attached hydrogens (tertiary/aromatic N) is 2. The number of piperidine rings is 1. The quantitative estimate of drug-likeness (QED) is 0.665. The molecule has 1 atom stereocenters. The van der Waals surface area contributed by atoms with Crippen molar-refractivity contribution < 1.29 is 9.90 Å². The van der Waals surface area contributed by atoms with Gasteiger partial charge in [-0.3, -0.25) is 9.69 Å². The number of aliphatic hydroxyl groups excluding tert-OH is 1. The molecular formula is C11H23N3O2. The molecule has 94 valence electrons. The van der Waals surface area contributed by atoms with Crippen molar-refractivity contribution in [2.24, 2.45) is 5.73 Å². The van der Waals surface area contributed by atoms with E-state index < -0.39 is 0 Å². The molecule has 1 aliphatic rings. The van der Waals surface area contributed by atoms with E-state index in [1.165, 1.54) is 0 Å². The second-order valence-corrected chi connectivity index (χ2v) is 4.54. The summed E-state index contributed by atoms with van der Waals surface area (Å²) in [5.74, 6) is 0.142. The number of hydrogen-bond donors (Lipinski definition) is 2. The van der Waals surface area contributed by atoms with Crippen LogP contribution in [0.2, 0.25) is 0 Å². The molecule has 0 bridgehead atoms. The van der Waals surface area contributed by atoms with E-state index in [0.29, 0.717) is 6.54 Å². The van der Waals surface area contributed by atoms with Crippen molar-refractivity contribution in [3.05, 3.63) is 0 Å². The lowest BCUT2D eigenvalue weighted by molar-refractivity contribution is -0.137. The molecule has 1 heterocycles. The molecule has 5 nitrogen and oxygen atoms in total. The highest BCUT2D eigenvalue weighted by molar-refractivity contribution is 5.81. The second kappa shape index (κ2) is 6.18. The van der Waals surface area contributed by atoms with Gasteiger partial charge in [-0.1, -0.05) is 0 Å². The molecule has 1 saturated heterocycles. The molecule has 1 aliphatic heterocycles. The van der Waals surface area contributed by atoms with Gasteiger partial charge in [-0.15, -0.1) is 0 Å². The summed E-state index contributed by atoms with van der Waals surface area (Å²) in [6.45, 7) is 4.01. The van der Waals surface area contributed by atoms with Crippen molar-refractivity contribution in [3.8, 4) is 0 Å². The van der Waals surface area contributed by atoms with Gasteiger partial charge in [0.25, 0.3) is 0 Å². The summed E-state index contributed by atoms with van der Waals surface area (Å²) < 4.78 is 0. The van der Waals surface area contributed by atoms with Gasteiger partial charge >= 0.3 is 0 Å². The molecule has 1 fully saturated rings. The van der Waals surface area contributed by atoms with E-state index in [1.54, 1.807) is 0 Å². The molecule has 0 spiro atoms. The highest BCUT2D eigenvalue weighted by Gasteiger charge is 2.26. The van der Waals surface area contributed by atoms with Crippen molar-refractivity contribution >= 4 is 5.91 Å². The Morgan fingerprint density at radius 1 is 1.56 bits per heavy atom. The maximum Gasteiger partial charge on any atom is 0.239 e. The minimum Gasteiger partial charge on any atom is -0.395 e. The fourth-order valence-corrected chi connectivity index (χ4v) is 1.92. The first kappa shape index (κ1) is 13.4. The highest BCUT2D eigenvalue weighted by Crippen LogP contribution is 2.11. The third-order valence-corrected chi connectivity index (χ3v) is 3.32. The standard InChI is InChI=1S/C11H23N3O2/c1-9(13(2)7-8-15)11(16)14-5-3-10(12)4-6-14/h9-10,15H,3-8,12H2,1-2H3. The number of likely N-dealkylation sites (N-methyl/N-ethyl adjacent to an activating group) is 1. The van der Waals surface area contributed by atoms with Crippen LogP contribution in [0.4, 0.5) is 0 Å². The number of amides is 1. The van der Waals surface area contributed by atoms with Gasteiger partial charge in [-0.05, 0) is 26.8 Å². The van der Waals surface area contributed by atoms with E-state index >= 15 is 0 Å². The van der Waals surface area contributed by atoms with E-state index in [-0.39, 0.29) is 24.6 Å². The van der Waals surface area contributed by atoms with Gasteiger partial charge in [0.2, 0.25) is 5.91 Å². The summed E-state index contributed by atoms with van der Waals surface area (Å²) in [4.78, 5) is 15.8. The fourth-order valence-electron chi connectivity index (χ4n) is 1.92. The Bertz CT molecular complexity index is 223. The van der Waals surface area contributed by atoms with Crippen LogP contribution in [0.3, 0.4) is 0 Å². The van der Waals surface area contributed by atoms with Crippen molar-refractivity contribution in [1.82, 2.24) is 9.80 Å². The maximum atomic E-state index is 12.1. The van der Waals surface area contributed by atoms with E-state index in [4.69, 9.17) is 10.8 Å². The van der Waals surface area contributed by atoms with Crippen molar-refractivity contribution in [1.29, 1.82) is 0 Å². The Morgan fingerprint density at radius 2 is 2.12 bits per heavy atom. The lowest BCUT2D eigenvalue weighted by atomic mass is 10.1. The SMILES string of the molecule is CC(C(=O)N1CCC(N)CC1)N(C)CCO. The van der Waals surface area contributed by atoms with Crippen LogP contribution >= 0.6 is 0 Å². The first-order chi connectivity index (χ1) is 7.56. The van der Waals surface area contributed by atoms with Crippen LogP contribution in [-0.2, 0) is 4.79 Å². The molecule has 0 aromatic heterocycles. The average Bonchev–Trinajstić information content (AvgIpc) is 2.28. The molecule has 0 aliphatic carbocycles. The van der Waals surface area contributed by atoms with Crippen molar-refractivity contribution in [2.45, 2.75) is 31.8 Å². The smallest absolute Gasteiger partial charge is 0.239 e. The van der Waals surface area contributed by atoms with E-state index in [9.17, 15) is 4.79 Å². The van der Waals surface area contributed by atoms with Crippen molar-refractivity contribution in [2.75, 3.05) is 33.3 Å². The number of nitrogens with two attached hydrogens (primary N) is 1. The van der Waals surface area contributed by atoms with Gasteiger partial charge < -0.3 is 15.7 Å². The van der Waals surface area contributed by atoms with E-state index in [1.807, 2.05) is 23.8 Å². The van der Waals surface area contributed by atoms with Crippen LogP contribution in [0.1, 0.15) is 19.8 Å². The lowest BCUT2D eigenvalue weighted by Crippen LogP contribution is -2.50. The highest BCUT2D eigenvalue weighted by atomic mass is 16.3. The Hall–Kier alpha value is -0.650. The number of carbonyl (C=O) groups is 1. The van der Waals surface area contributed by atoms with Crippen LogP contribution in [0.25, 0.3) is 0 Å². The minimum atomic E-state index is -0.165. The van der Waals surface area contributed by atoms with Crippen LogP contribution < -0.4 is 5.73 Å². The zero-order valence-corrected chi connectivity index (χ0v) is 10.2. The van der Waals surface area contributed by atoms with Crippen LogP contribution in [0, 0.1) is 0 Å². The largest absolute Gasteiger partial charge is 0.395 e. The number of rotatable bonds is 4. The molecule has 1 unspecified atom stereocenters. The number of hydrogen-bond acceptors (Lipinski definition) is 4. The Morgan fingerprint density at radius 3 is 2.62 bits per heavy atom. The summed E-state index contributed by atoms with van der Waals surface area (Å²) >= 11 is 0. The third-order valence-electron chi connectivity index (χ3n) is 3.32. The first-order valence-electron chi connectivity index (χ1n) is 5.91. The summed E-state index contributed by atoms with van der Waals surface area (Å²) in [6.07, 6.45) is 1.78. The molecule has 0 radical (unpaired) electrons. The topological polar surface area (TPSA) is 69.8 Å². The van der Waals surface area contributed by atoms with Gasteiger partial charge in [0.05, 0.1) is 12.6 Å². The van der Waals surface area contributed by atoms with Gasteiger partial charge in [-0.25, -0.2) is 0 Å². The van der Waals surface area contributed by atoms with E-state index in [2.05, 4.69) is 0 Å². The number of carbonyl (C=O) groups excluding carboxylic acids is 1. The second-order valence-electron chi connectivity index (χ2n) is 4.54. The predicted octanol–water partition coefficient (Wildman–Crippen LogP) is -0.751.